The number of hydrogen-bond donors (Lipinski definition) is 2. The molecule has 2 aromatic rings. The minimum Gasteiger partial charge on any atom is -0.399 e. The van der Waals surface area contributed by atoms with Crippen LogP contribution >= 0.6 is 0 Å². The third-order valence-electron chi connectivity index (χ3n) is 5.20. The van der Waals surface area contributed by atoms with Crippen LogP contribution in [0.4, 0.5) is 5.69 Å². The zero-order valence-corrected chi connectivity index (χ0v) is 17.1. The normalized spacial score (nSPS) is 16.8. The molecule has 0 unspecified atom stereocenters. The summed E-state index contributed by atoms with van der Waals surface area (Å²) in [7, 11) is -0.386. The molecule has 0 bridgehead atoms. The number of carbonyl (C=O) groups is 1. The maximum absolute atomic E-state index is 12.1. The van der Waals surface area contributed by atoms with E-state index in [2.05, 4.69) is 12.0 Å². The second kappa shape index (κ2) is 9.17. The summed E-state index contributed by atoms with van der Waals surface area (Å²) in [5.74, 6) is 0.0113. The third kappa shape index (κ3) is 5.30. The summed E-state index contributed by atoms with van der Waals surface area (Å²) in [5.41, 5.74) is 2.18. The lowest BCUT2D eigenvalue weighted by molar-refractivity contribution is -0.116. The molecule has 1 aliphatic rings. The topological polar surface area (TPSA) is 71.4 Å². The molecule has 1 heterocycles. The molecule has 0 aliphatic carbocycles. The van der Waals surface area contributed by atoms with Gasteiger partial charge in [0.05, 0.1) is 11.2 Å². The molecule has 1 saturated heterocycles. The molecule has 3 rings (SSSR count). The number of amides is 1. The second-order valence-electron chi connectivity index (χ2n) is 7.74. The Bertz CT molecular complexity index is 760. The molecule has 148 valence electrons. The molecule has 0 spiro atoms. The second-order valence-corrected chi connectivity index (χ2v) is 7.74. The predicted octanol–water partition coefficient (Wildman–Crippen LogP) is 3.82. The largest absolute Gasteiger partial charge is 0.494 e. The van der Waals surface area contributed by atoms with E-state index in [1.165, 1.54) is 5.56 Å². The Kier molecular flexibility index (Phi) is 7.16. The Hall–Kier alpha value is -2.44. The van der Waals surface area contributed by atoms with E-state index in [0.29, 0.717) is 6.42 Å². The average Bonchev–Trinajstić information content (AvgIpc) is 2.90. The first-order valence-electron chi connectivity index (χ1n) is 9.42. The molecular weight excluding hydrogens is 351 g/mol. The molecule has 1 aliphatic heterocycles. The highest BCUT2D eigenvalue weighted by Gasteiger charge is 2.51. The quantitative estimate of drug-likeness (QED) is 0.612. The molecule has 0 radical (unpaired) electrons. The van der Waals surface area contributed by atoms with Crippen molar-refractivity contribution in [2.75, 3.05) is 5.32 Å². The first-order valence-corrected chi connectivity index (χ1v) is 9.42. The van der Waals surface area contributed by atoms with E-state index < -0.39 is 0 Å². The summed E-state index contributed by atoms with van der Waals surface area (Å²) in [6.07, 6.45) is 1.20. The van der Waals surface area contributed by atoms with Crippen molar-refractivity contribution in [1.29, 1.82) is 5.41 Å². The monoisotopic (exact) mass is 380 g/mol. The Morgan fingerprint density at radius 3 is 2.04 bits per heavy atom. The van der Waals surface area contributed by atoms with Gasteiger partial charge in [0, 0.05) is 12.1 Å². The Morgan fingerprint density at radius 1 is 0.964 bits per heavy atom. The number of nitrogens with one attached hydrogen (secondary N) is 2. The van der Waals surface area contributed by atoms with Gasteiger partial charge in [-0.05, 0) is 64.0 Å². The standard InChI is InChI=1S/C21H26BNO3.CH3N/c1-20(2)21(3,4)26-22(25-20)17-11-13-18(14-12-17)23-19(24)15-10-16-8-6-5-7-9-16;1-2/h5-9,11-14H,10,15H2,1-4H3,(H,23,24);2H,1H2. The minimum atomic E-state index is -0.386. The van der Waals surface area contributed by atoms with Crippen LogP contribution in [-0.4, -0.2) is 30.9 Å². The van der Waals surface area contributed by atoms with Gasteiger partial charge in [0.1, 0.15) is 0 Å². The van der Waals surface area contributed by atoms with Gasteiger partial charge in [-0.25, -0.2) is 0 Å². The van der Waals surface area contributed by atoms with E-state index in [1.54, 1.807) is 0 Å². The SMILES string of the molecule is C=N.CC1(C)OB(c2ccc(NC(=O)CCc3ccccc3)cc2)OC1(C)C. The van der Waals surface area contributed by atoms with Gasteiger partial charge in [0.25, 0.3) is 0 Å². The fourth-order valence-corrected chi connectivity index (χ4v) is 2.83. The smallest absolute Gasteiger partial charge is 0.399 e. The molecule has 1 fully saturated rings. The van der Waals surface area contributed by atoms with Crippen molar-refractivity contribution in [3.05, 3.63) is 60.2 Å². The van der Waals surface area contributed by atoms with Crippen LogP contribution in [0.25, 0.3) is 0 Å². The molecule has 5 nitrogen and oxygen atoms in total. The van der Waals surface area contributed by atoms with Crippen molar-refractivity contribution in [3.8, 4) is 0 Å². The van der Waals surface area contributed by atoms with Crippen LogP contribution in [0.5, 0.6) is 0 Å². The van der Waals surface area contributed by atoms with Crippen molar-refractivity contribution in [2.24, 2.45) is 0 Å². The Balaban J connectivity index is 0.00000136. The molecule has 0 atom stereocenters. The summed E-state index contributed by atoms with van der Waals surface area (Å²) in [5, 5.41) is 8.44. The van der Waals surface area contributed by atoms with Crippen molar-refractivity contribution in [1.82, 2.24) is 0 Å². The summed E-state index contributed by atoms with van der Waals surface area (Å²) < 4.78 is 12.1. The molecule has 1 amide bonds. The first kappa shape index (κ1) is 21.9. The average molecular weight is 380 g/mol. The zero-order valence-electron chi connectivity index (χ0n) is 17.1. The number of benzene rings is 2. The van der Waals surface area contributed by atoms with Gasteiger partial charge in [-0.15, -0.1) is 0 Å². The minimum absolute atomic E-state index is 0.0113. The van der Waals surface area contributed by atoms with Crippen LogP contribution in [0.3, 0.4) is 0 Å². The maximum Gasteiger partial charge on any atom is 0.494 e. The van der Waals surface area contributed by atoms with Crippen LogP contribution in [0.1, 0.15) is 39.7 Å². The van der Waals surface area contributed by atoms with Crippen LogP contribution in [0.15, 0.2) is 54.6 Å². The van der Waals surface area contributed by atoms with E-state index in [0.717, 1.165) is 17.6 Å². The third-order valence-corrected chi connectivity index (χ3v) is 5.20. The molecule has 0 aromatic heterocycles. The number of rotatable bonds is 5. The highest BCUT2D eigenvalue weighted by Crippen LogP contribution is 2.36. The molecule has 2 aromatic carbocycles. The molecule has 2 N–H and O–H groups in total. The highest BCUT2D eigenvalue weighted by atomic mass is 16.7. The van der Waals surface area contributed by atoms with E-state index in [-0.39, 0.29) is 24.2 Å². The number of anilines is 1. The van der Waals surface area contributed by atoms with Gasteiger partial charge in [-0.3, -0.25) is 4.79 Å². The van der Waals surface area contributed by atoms with E-state index in [9.17, 15) is 4.79 Å². The summed E-state index contributed by atoms with van der Waals surface area (Å²) >= 11 is 0. The van der Waals surface area contributed by atoms with Gasteiger partial charge in [-0.1, -0.05) is 42.5 Å². The van der Waals surface area contributed by atoms with E-state index in [4.69, 9.17) is 14.7 Å². The van der Waals surface area contributed by atoms with Crippen molar-refractivity contribution in [3.63, 3.8) is 0 Å². The zero-order chi connectivity index (χ0) is 20.8. The fraction of sp³-hybridized carbons (Fsp3) is 0.364. The van der Waals surface area contributed by atoms with Gasteiger partial charge in [0.15, 0.2) is 0 Å². The van der Waals surface area contributed by atoms with Gasteiger partial charge in [0.2, 0.25) is 5.91 Å². The van der Waals surface area contributed by atoms with E-state index >= 15 is 0 Å². The first-order chi connectivity index (χ1) is 13.3. The van der Waals surface area contributed by atoms with Gasteiger partial charge >= 0.3 is 7.12 Å². The van der Waals surface area contributed by atoms with Crippen LogP contribution in [0.2, 0.25) is 0 Å². The molecular formula is C22H29BN2O3. The highest BCUT2D eigenvalue weighted by molar-refractivity contribution is 6.62. The molecule has 0 saturated carbocycles. The van der Waals surface area contributed by atoms with Crippen molar-refractivity contribution >= 4 is 30.9 Å². The number of aryl methyl sites for hydroxylation is 1. The lowest BCUT2D eigenvalue weighted by atomic mass is 9.79. The lowest BCUT2D eigenvalue weighted by Gasteiger charge is -2.32. The van der Waals surface area contributed by atoms with Crippen LogP contribution in [-0.2, 0) is 20.5 Å². The van der Waals surface area contributed by atoms with Gasteiger partial charge in [-0.2, -0.15) is 0 Å². The van der Waals surface area contributed by atoms with Gasteiger partial charge < -0.3 is 20.0 Å². The predicted molar refractivity (Wildman–Crippen MR) is 115 cm³/mol. The Morgan fingerprint density at radius 2 is 1.50 bits per heavy atom. The van der Waals surface area contributed by atoms with E-state index in [1.807, 2.05) is 82.3 Å². The molecule has 28 heavy (non-hydrogen) atoms. The number of hydrogen-bond acceptors (Lipinski definition) is 4. The Labute approximate surface area is 168 Å². The summed E-state index contributed by atoms with van der Waals surface area (Å²) in [6.45, 7) is 10.6. The maximum atomic E-state index is 12.1. The summed E-state index contributed by atoms with van der Waals surface area (Å²) in [6, 6.07) is 17.7. The van der Waals surface area contributed by atoms with Crippen LogP contribution < -0.4 is 10.8 Å². The number of carbonyl (C=O) groups excluding carboxylic acids is 1. The van der Waals surface area contributed by atoms with Crippen molar-refractivity contribution < 1.29 is 14.1 Å². The van der Waals surface area contributed by atoms with Crippen molar-refractivity contribution in [2.45, 2.75) is 51.7 Å². The lowest BCUT2D eigenvalue weighted by Crippen LogP contribution is -2.41. The summed E-state index contributed by atoms with van der Waals surface area (Å²) in [4.78, 5) is 12.1. The molecule has 6 heteroatoms. The van der Waals surface area contributed by atoms with Crippen LogP contribution in [0, 0.1) is 5.41 Å². The fourth-order valence-electron chi connectivity index (χ4n) is 2.83.